The third-order valence-corrected chi connectivity index (χ3v) is 26.2. The highest BCUT2D eigenvalue weighted by Crippen LogP contribution is 2.51. The van der Waals surface area contributed by atoms with E-state index in [9.17, 15) is 189 Å². The van der Waals surface area contributed by atoms with Crippen LogP contribution in [0.5, 0.6) is 0 Å². The number of aliphatic hydroxyl groups is 37. The van der Waals surface area contributed by atoms with Crippen molar-refractivity contribution < 1.29 is 293 Å². The van der Waals surface area contributed by atoms with Crippen LogP contribution in [0, 0.1) is 0 Å². The molecule has 12 heterocycles. The Labute approximate surface area is 749 Å². The van der Waals surface area contributed by atoms with Gasteiger partial charge in [0.25, 0.3) is 0 Å². The molecule has 38 N–H and O–H groups in total. The van der Waals surface area contributed by atoms with Crippen LogP contribution in [-0.4, -0.2) is 635 Å². The quantitative estimate of drug-likeness (QED) is 0.0271. The van der Waals surface area contributed by atoms with E-state index in [0.717, 1.165) is 0 Å². The molecule has 133 heavy (non-hydrogen) atoms. The number of hydrogen-bond donors (Lipinski definition) is 38. The average molecular weight is 1960 g/mol. The highest BCUT2D eigenvalue weighted by Gasteiger charge is 2.74. The molecule has 1 aliphatic carbocycles. The molecule has 60 heteroatoms. The van der Waals surface area contributed by atoms with Gasteiger partial charge in [-0.3, -0.25) is 0 Å². The summed E-state index contributed by atoms with van der Waals surface area (Å²) < 4.78 is 125. The zero-order valence-corrected chi connectivity index (χ0v) is 69.9. The van der Waals surface area contributed by atoms with Gasteiger partial charge in [0.2, 0.25) is 0 Å². The monoisotopic (exact) mass is 1960 g/mol. The van der Waals surface area contributed by atoms with Gasteiger partial charge in [-0.15, -0.1) is 0 Å². The van der Waals surface area contributed by atoms with Crippen LogP contribution in [0.2, 0.25) is 0 Å². The first-order chi connectivity index (χ1) is 63.1. The lowest BCUT2D eigenvalue weighted by molar-refractivity contribution is -0.395. The lowest BCUT2D eigenvalue weighted by Crippen LogP contribution is -2.71. The Bertz CT molecular complexity index is 3540. The van der Waals surface area contributed by atoms with Gasteiger partial charge < -0.3 is 298 Å². The molecule has 60 nitrogen and oxygen atoms in total. The van der Waals surface area contributed by atoms with E-state index < -0.39 is 446 Å². The second-order valence-corrected chi connectivity index (χ2v) is 34.6. The maximum Gasteiger partial charge on any atom is 0.187 e. The third-order valence-electron chi connectivity index (χ3n) is 26.2. The molecule has 0 aromatic heterocycles. The van der Waals surface area contributed by atoms with E-state index in [4.69, 9.17) is 104 Å². The molecule has 61 atom stereocenters. The van der Waals surface area contributed by atoms with Crippen molar-refractivity contribution in [3.63, 3.8) is 0 Å². The molecule has 774 valence electrons. The Balaban J connectivity index is 0.569. The molecular weight excluding hydrogens is 1830 g/mol. The minimum absolute atomic E-state index is 0.875. The molecule has 13 fully saturated rings. The Morgan fingerprint density at radius 1 is 0.203 bits per heavy atom. The molecule has 13 aliphatic rings. The number of nitrogens with one attached hydrogen (secondary N) is 1. The van der Waals surface area contributed by atoms with E-state index in [1.54, 1.807) is 0 Å². The van der Waals surface area contributed by atoms with Gasteiger partial charge in [-0.1, -0.05) is 0 Å². The fourth-order valence-corrected chi connectivity index (χ4v) is 18.5. The van der Waals surface area contributed by atoms with Crippen LogP contribution in [0.4, 0.5) is 0 Å². The number of fused-ring (bicyclic) bond motifs is 1. The molecule has 0 bridgehead atoms. The number of hydrogen-bond acceptors (Lipinski definition) is 60. The smallest absolute Gasteiger partial charge is 0.187 e. The molecule has 1 saturated carbocycles. The van der Waals surface area contributed by atoms with Crippen molar-refractivity contribution in [2.24, 2.45) is 0 Å². The predicted molar refractivity (Wildman–Crippen MR) is 398 cm³/mol. The summed E-state index contributed by atoms with van der Waals surface area (Å²) in [5.41, 5.74) is -2.05. The van der Waals surface area contributed by atoms with Gasteiger partial charge in [-0.2, -0.15) is 0 Å². The summed E-state index contributed by atoms with van der Waals surface area (Å²) in [6.45, 7) is -10.3. The summed E-state index contributed by atoms with van der Waals surface area (Å²) in [5.74, 6) is 0. The molecule has 0 aromatic rings. The molecule has 13 rings (SSSR count). The van der Waals surface area contributed by atoms with Crippen LogP contribution in [0.25, 0.3) is 0 Å². The molecular formula is C73H123NO59. The summed E-state index contributed by atoms with van der Waals surface area (Å²) in [6.07, 6.45) is -116. The van der Waals surface area contributed by atoms with Gasteiger partial charge in [0.15, 0.2) is 69.2 Å². The van der Waals surface area contributed by atoms with E-state index in [1.807, 2.05) is 0 Å². The van der Waals surface area contributed by atoms with Crippen molar-refractivity contribution in [1.29, 1.82) is 0 Å². The van der Waals surface area contributed by atoms with Gasteiger partial charge in [-0.25, -0.2) is 0 Å². The zero-order valence-electron chi connectivity index (χ0n) is 69.9. The topological polar surface area (TPSA) is 967 Å². The summed E-state index contributed by atoms with van der Waals surface area (Å²) in [7, 11) is 0. The third kappa shape index (κ3) is 21.2. The lowest BCUT2D eigenvalue weighted by atomic mass is 9.78. The van der Waals surface area contributed by atoms with E-state index >= 15 is 0 Å². The highest BCUT2D eigenvalue weighted by atomic mass is 16.8. The average Bonchev–Trinajstić information content (AvgIpc) is 1.53. The van der Waals surface area contributed by atoms with E-state index in [1.165, 1.54) is 6.92 Å². The Hall–Kier alpha value is -2.40. The number of epoxide rings is 1. The summed E-state index contributed by atoms with van der Waals surface area (Å²) >= 11 is 0. The maximum absolute atomic E-state index is 11.8. The SMILES string of the molecule is CC1OC(OC2C(CO)OC(OC3C(CO)OC(OC4C(CO)OC(OC5C(CO)OC(OC6C(CO)OC(O)C(O)C6O)C(O)C5O)C(O)C4O)C(O)C3O)C(O)C2O)C(O)C(O)C1NC1C(O)C(O)C(OC2OC(CO)C(OC3OC(CO)C(OC4OC(CO)C(OC5OC(CO)C(OC6OC(CO)C(O)C(O)C6O)C(O)C5O)C(O)C4O)C(O)C3O)C(O)C2O)C2(CO)OC12. The molecule has 61 unspecified atom stereocenters. The van der Waals surface area contributed by atoms with Gasteiger partial charge in [0, 0.05) is 0 Å². The first-order valence-corrected chi connectivity index (χ1v) is 42.7. The molecule has 0 aromatic carbocycles. The second kappa shape index (κ2) is 45.3. The van der Waals surface area contributed by atoms with Crippen molar-refractivity contribution in [3.8, 4) is 0 Å². The van der Waals surface area contributed by atoms with Crippen LogP contribution in [0.3, 0.4) is 0 Å². The normalized spacial score (nSPS) is 55.2. The summed E-state index contributed by atoms with van der Waals surface area (Å²) in [6, 6.07) is -3.04. The zero-order chi connectivity index (χ0) is 97.2. The van der Waals surface area contributed by atoms with Gasteiger partial charge in [0.1, 0.15) is 286 Å². The van der Waals surface area contributed by atoms with Gasteiger partial charge >= 0.3 is 0 Å². The Kier molecular flexibility index (Phi) is 36.7. The van der Waals surface area contributed by atoms with Crippen molar-refractivity contribution in [2.45, 2.75) is 381 Å². The second-order valence-electron chi connectivity index (χ2n) is 34.6. The first kappa shape index (κ1) is 108. The van der Waals surface area contributed by atoms with Crippen LogP contribution >= 0.6 is 0 Å². The van der Waals surface area contributed by atoms with Crippen LogP contribution in [-0.2, 0) is 104 Å². The molecule has 12 aliphatic heterocycles. The minimum atomic E-state index is -2.31. The van der Waals surface area contributed by atoms with E-state index in [2.05, 4.69) is 5.32 Å². The summed E-state index contributed by atoms with van der Waals surface area (Å²) in [4.78, 5) is 0. The number of aliphatic hydroxyl groups excluding tert-OH is 37. The lowest BCUT2D eigenvalue weighted by Gasteiger charge is -2.50. The Morgan fingerprint density at radius 2 is 0.406 bits per heavy atom. The van der Waals surface area contributed by atoms with Gasteiger partial charge in [-0.05, 0) is 6.92 Å². The largest absolute Gasteiger partial charge is 0.394 e. The molecule has 0 radical (unpaired) electrons. The highest BCUT2D eigenvalue weighted by molar-refractivity contribution is 5.23. The van der Waals surface area contributed by atoms with Crippen molar-refractivity contribution in [2.75, 3.05) is 72.7 Å². The van der Waals surface area contributed by atoms with E-state index in [-0.39, 0.29) is 0 Å². The summed E-state index contributed by atoms with van der Waals surface area (Å²) in [5, 5.41) is 407. The first-order valence-electron chi connectivity index (χ1n) is 42.7. The van der Waals surface area contributed by atoms with Crippen LogP contribution < -0.4 is 5.32 Å². The van der Waals surface area contributed by atoms with E-state index in [0.29, 0.717) is 0 Å². The fourth-order valence-electron chi connectivity index (χ4n) is 18.5. The number of rotatable bonds is 33. The molecule has 12 saturated heterocycles. The van der Waals surface area contributed by atoms with Gasteiger partial charge in [0.05, 0.1) is 90.9 Å². The maximum atomic E-state index is 11.8. The van der Waals surface area contributed by atoms with Crippen LogP contribution in [0.15, 0.2) is 0 Å². The number of ether oxygens (including phenoxy) is 22. The minimum Gasteiger partial charge on any atom is -0.394 e. The predicted octanol–water partition coefficient (Wildman–Crippen LogP) is -26.8. The van der Waals surface area contributed by atoms with Crippen molar-refractivity contribution >= 4 is 0 Å². The molecule has 0 amide bonds. The van der Waals surface area contributed by atoms with Crippen molar-refractivity contribution in [3.05, 3.63) is 0 Å². The standard InChI is InChI=1S/C73H123NO59/c1-13-24(27(87)41(101)63(112-13)123-52-16(4-77)115-66(43(103)31(52)91)126-55-19(7-80)118-69(46(106)34(55)94)129-57-21(9-82)119-68(47(107)36(57)96)127-54-18(6-79)116-65(44(104)33(54)93)124-51-15(3-76)113-62(111)40(100)30(51)90)74-25-28(88)39(99)61(73(12-85)60(25)133-73)132-72-50(110)38(98)59(23(11-84)122-72)131-71-49(109)37(97)58(22(10-83)121-71)130-70-48(108)35(95)56(20(8-81)120-70)128-67-45(105)32(92)53(17(5-78)117-67)125-64-42(102)29(89)26(86)14(2-75)114-64/h13-72,74-111H,2-12H2,1H3. The Morgan fingerprint density at radius 3 is 0.654 bits per heavy atom. The fraction of sp³-hybridized carbons (Fsp3) is 1.00. The van der Waals surface area contributed by atoms with Crippen molar-refractivity contribution in [1.82, 2.24) is 5.32 Å². The van der Waals surface area contributed by atoms with Crippen LogP contribution in [0.1, 0.15) is 6.92 Å². The molecule has 0 spiro atoms.